The highest BCUT2D eigenvalue weighted by atomic mass is 35.5. The summed E-state index contributed by atoms with van der Waals surface area (Å²) < 4.78 is 5.67. The van der Waals surface area contributed by atoms with Crippen LogP contribution in [0.3, 0.4) is 0 Å². The van der Waals surface area contributed by atoms with Crippen molar-refractivity contribution in [3.8, 4) is 0 Å². The quantitative estimate of drug-likeness (QED) is 0.911. The van der Waals surface area contributed by atoms with Crippen LogP contribution in [0.5, 0.6) is 0 Å². The van der Waals surface area contributed by atoms with Crippen LogP contribution in [0.15, 0.2) is 12.3 Å². The van der Waals surface area contributed by atoms with Crippen LogP contribution in [0.2, 0.25) is 5.02 Å². The maximum atomic E-state index is 9.22. The van der Waals surface area contributed by atoms with Gasteiger partial charge in [0.05, 0.1) is 17.7 Å². The van der Waals surface area contributed by atoms with Gasteiger partial charge in [0, 0.05) is 31.5 Å². The van der Waals surface area contributed by atoms with Crippen molar-refractivity contribution in [2.75, 3.05) is 24.6 Å². The molecule has 0 spiro atoms. The van der Waals surface area contributed by atoms with Crippen molar-refractivity contribution in [3.63, 3.8) is 0 Å². The van der Waals surface area contributed by atoms with E-state index < -0.39 is 0 Å². The summed E-state index contributed by atoms with van der Waals surface area (Å²) in [5.74, 6) is 0.868. The van der Waals surface area contributed by atoms with Crippen molar-refractivity contribution >= 4 is 17.4 Å². The summed E-state index contributed by atoms with van der Waals surface area (Å²) in [7, 11) is 0. The molecule has 2 heterocycles. The number of ether oxygens (including phenoxy) is 1. The lowest BCUT2D eigenvalue weighted by molar-refractivity contribution is 0.0525. The number of pyridine rings is 1. The highest BCUT2D eigenvalue weighted by molar-refractivity contribution is 6.31. The molecule has 1 N–H and O–H groups in total. The SMILES string of the molecule is CCOC1CCCN(c2cc(CO)c(Cl)cn2)C1. The minimum atomic E-state index is -0.0585. The number of rotatable bonds is 4. The van der Waals surface area contributed by atoms with E-state index >= 15 is 0 Å². The van der Waals surface area contributed by atoms with Gasteiger partial charge >= 0.3 is 0 Å². The molecule has 0 amide bonds. The second-order valence-corrected chi connectivity index (χ2v) is 4.86. The summed E-state index contributed by atoms with van der Waals surface area (Å²) in [6.45, 7) is 4.53. The Hall–Kier alpha value is -0.840. The van der Waals surface area contributed by atoms with Gasteiger partial charge in [0.2, 0.25) is 0 Å². The van der Waals surface area contributed by atoms with Crippen molar-refractivity contribution in [3.05, 3.63) is 22.8 Å². The molecule has 2 rings (SSSR count). The van der Waals surface area contributed by atoms with E-state index in [-0.39, 0.29) is 12.7 Å². The van der Waals surface area contributed by atoms with Gasteiger partial charge in [-0.1, -0.05) is 11.6 Å². The largest absolute Gasteiger partial charge is 0.392 e. The van der Waals surface area contributed by atoms with E-state index in [4.69, 9.17) is 16.3 Å². The zero-order valence-electron chi connectivity index (χ0n) is 10.6. The summed E-state index contributed by atoms with van der Waals surface area (Å²) in [6.07, 6.45) is 4.08. The predicted molar refractivity (Wildman–Crippen MR) is 72.0 cm³/mol. The second-order valence-electron chi connectivity index (χ2n) is 4.46. The van der Waals surface area contributed by atoms with Crippen LogP contribution in [0, 0.1) is 0 Å². The van der Waals surface area contributed by atoms with Gasteiger partial charge in [-0.15, -0.1) is 0 Å². The topological polar surface area (TPSA) is 45.6 Å². The van der Waals surface area contributed by atoms with E-state index in [9.17, 15) is 5.11 Å². The van der Waals surface area contributed by atoms with Gasteiger partial charge in [-0.25, -0.2) is 4.98 Å². The van der Waals surface area contributed by atoms with Crippen molar-refractivity contribution in [1.82, 2.24) is 4.98 Å². The Balaban J connectivity index is 2.10. The van der Waals surface area contributed by atoms with E-state index in [0.29, 0.717) is 5.02 Å². The van der Waals surface area contributed by atoms with Gasteiger partial charge in [-0.3, -0.25) is 0 Å². The number of aliphatic hydroxyl groups is 1. The van der Waals surface area contributed by atoms with E-state index in [0.717, 1.165) is 43.9 Å². The van der Waals surface area contributed by atoms with Gasteiger partial charge in [0.1, 0.15) is 5.82 Å². The first kappa shape index (κ1) is 13.6. The second kappa shape index (κ2) is 6.36. The number of nitrogens with zero attached hydrogens (tertiary/aromatic N) is 2. The molecule has 0 aliphatic carbocycles. The molecule has 1 fully saturated rings. The molecule has 0 radical (unpaired) electrons. The van der Waals surface area contributed by atoms with E-state index in [2.05, 4.69) is 9.88 Å². The minimum Gasteiger partial charge on any atom is -0.392 e. The van der Waals surface area contributed by atoms with Crippen LogP contribution in [0.25, 0.3) is 0 Å². The molecule has 1 aromatic rings. The minimum absolute atomic E-state index is 0.0585. The van der Waals surface area contributed by atoms with Crippen LogP contribution in [0.4, 0.5) is 5.82 Å². The van der Waals surface area contributed by atoms with Gasteiger partial charge in [0.25, 0.3) is 0 Å². The fourth-order valence-corrected chi connectivity index (χ4v) is 2.44. The Morgan fingerprint density at radius 3 is 3.17 bits per heavy atom. The monoisotopic (exact) mass is 270 g/mol. The third kappa shape index (κ3) is 3.13. The molecule has 100 valence electrons. The zero-order chi connectivity index (χ0) is 13.0. The molecule has 5 heteroatoms. The van der Waals surface area contributed by atoms with E-state index in [1.54, 1.807) is 6.20 Å². The average Bonchev–Trinajstić information content (AvgIpc) is 2.40. The third-order valence-corrected chi connectivity index (χ3v) is 3.54. The Morgan fingerprint density at radius 2 is 2.44 bits per heavy atom. The summed E-state index contributed by atoms with van der Waals surface area (Å²) in [6, 6.07) is 1.86. The summed E-state index contributed by atoms with van der Waals surface area (Å²) in [5.41, 5.74) is 0.722. The number of halogens is 1. The predicted octanol–water partition coefficient (Wildman–Crippen LogP) is 2.23. The number of piperidine rings is 1. The lowest BCUT2D eigenvalue weighted by Gasteiger charge is -2.33. The molecule has 1 saturated heterocycles. The normalized spacial score (nSPS) is 20.2. The van der Waals surface area contributed by atoms with Crippen molar-refractivity contribution in [1.29, 1.82) is 0 Å². The lowest BCUT2D eigenvalue weighted by atomic mass is 10.1. The first-order valence-electron chi connectivity index (χ1n) is 6.36. The van der Waals surface area contributed by atoms with Gasteiger partial charge in [-0.05, 0) is 25.8 Å². The molecule has 1 unspecified atom stereocenters. The highest BCUT2D eigenvalue weighted by Crippen LogP contribution is 2.23. The Kier molecular flexibility index (Phi) is 4.80. The van der Waals surface area contributed by atoms with Crippen LogP contribution < -0.4 is 4.90 Å². The van der Waals surface area contributed by atoms with Crippen molar-refractivity contribution < 1.29 is 9.84 Å². The highest BCUT2D eigenvalue weighted by Gasteiger charge is 2.21. The maximum Gasteiger partial charge on any atom is 0.129 e. The summed E-state index contributed by atoms with van der Waals surface area (Å²) in [5, 5.41) is 9.74. The van der Waals surface area contributed by atoms with Crippen LogP contribution >= 0.6 is 11.6 Å². The number of aromatic nitrogens is 1. The molecule has 1 aromatic heterocycles. The van der Waals surface area contributed by atoms with Gasteiger partial charge in [0.15, 0.2) is 0 Å². The lowest BCUT2D eigenvalue weighted by Crippen LogP contribution is -2.40. The number of hydrogen-bond donors (Lipinski definition) is 1. The molecule has 1 aliphatic heterocycles. The summed E-state index contributed by atoms with van der Waals surface area (Å²) >= 11 is 5.95. The standard InChI is InChI=1S/C13H19ClN2O2/c1-2-18-11-4-3-5-16(8-11)13-6-10(9-17)12(14)7-15-13/h6-7,11,17H,2-5,8-9H2,1H3. The molecule has 0 bridgehead atoms. The fourth-order valence-electron chi connectivity index (χ4n) is 2.28. The number of anilines is 1. The van der Waals surface area contributed by atoms with Crippen LogP contribution in [0.1, 0.15) is 25.3 Å². The number of aliphatic hydroxyl groups excluding tert-OH is 1. The molecule has 0 aromatic carbocycles. The Bertz CT molecular complexity index is 399. The smallest absolute Gasteiger partial charge is 0.129 e. The Morgan fingerprint density at radius 1 is 1.61 bits per heavy atom. The summed E-state index contributed by atoms with van der Waals surface area (Å²) in [4.78, 5) is 6.53. The molecule has 4 nitrogen and oxygen atoms in total. The fraction of sp³-hybridized carbons (Fsp3) is 0.615. The molecule has 1 atom stereocenters. The average molecular weight is 271 g/mol. The van der Waals surface area contributed by atoms with Gasteiger partial charge < -0.3 is 14.7 Å². The third-order valence-electron chi connectivity index (χ3n) is 3.20. The molecular formula is C13H19ClN2O2. The maximum absolute atomic E-state index is 9.22. The van der Waals surface area contributed by atoms with E-state index in [1.165, 1.54) is 0 Å². The van der Waals surface area contributed by atoms with Crippen molar-refractivity contribution in [2.45, 2.75) is 32.5 Å². The van der Waals surface area contributed by atoms with Crippen molar-refractivity contribution in [2.24, 2.45) is 0 Å². The Labute approximate surface area is 113 Å². The molecule has 0 saturated carbocycles. The van der Waals surface area contributed by atoms with Crippen LogP contribution in [-0.2, 0) is 11.3 Å². The molecular weight excluding hydrogens is 252 g/mol. The van der Waals surface area contributed by atoms with E-state index in [1.807, 2.05) is 13.0 Å². The van der Waals surface area contributed by atoms with Gasteiger partial charge in [-0.2, -0.15) is 0 Å². The zero-order valence-corrected chi connectivity index (χ0v) is 11.4. The molecule has 18 heavy (non-hydrogen) atoms. The van der Waals surface area contributed by atoms with Crippen LogP contribution in [-0.4, -0.2) is 35.9 Å². The number of hydrogen-bond acceptors (Lipinski definition) is 4. The first-order valence-corrected chi connectivity index (χ1v) is 6.74. The molecule has 1 aliphatic rings. The first-order chi connectivity index (χ1) is 8.74.